The van der Waals surface area contributed by atoms with E-state index in [0.717, 1.165) is 30.6 Å². The van der Waals surface area contributed by atoms with Crippen LogP contribution in [0.1, 0.15) is 11.1 Å². The maximum atomic E-state index is 13.3. The lowest BCUT2D eigenvalue weighted by atomic mass is 9.94. The zero-order chi connectivity index (χ0) is 24.4. The number of halogens is 6. The van der Waals surface area contributed by atoms with E-state index in [2.05, 4.69) is 4.28 Å². The lowest BCUT2D eigenvalue weighted by molar-refractivity contribution is -0.856. The molecule has 0 aliphatic carbocycles. The van der Waals surface area contributed by atoms with Gasteiger partial charge in [0.2, 0.25) is 12.4 Å². The predicted molar refractivity (Wildman–Crippen MR) is 105 cm³/mol. The number of pyridine rings is 1. The summed E-state index contributed by atoms with van der Waals surface area (Å²) in [4.78, 5) is 0. The number of hydrogen-bond donors (Lipinski definition) is 0. The summed E-state index contributed by atoms with van der Waals surface area (Å²) in [6, 6.07) is 12.2. The summed E-state index contributed by atoms with van der Waals surface area (Å²) in [5.74, 6) is 0. The van der Waals surface area contributed by atoms with E-state index in [9.17, 15) is 34.8 Å². The van der Waals surface area contributed by atoms with Crippen LogP contribution in [0.2, 0.25) is 0 Å². The van der Waals surface area contributed by atoms with Crippen LogP contribution in [-0.2, 0) is 27.6 Å². The molecule has 2 aromatic carbocycles. The molecular weight excluding hydrogens is 476 g/mol. The van der Waals surface area contributed by atoms with Crippen LogP contribution >= 0.6 is 0 Å². The Bertz CT molecular complexity index is 1240. The van der Waals surface area contributed by atoms with Gasteiger partial charge < -0.3 is 4.74 Å². The molecule has 3 aromatic rings. The van der Waals surface area contributed by atoms with Gasteiger partial charge >= 0.3 is 21.8 Å². The molecule has 0 aliphatic heterocycles. The second kappa shape index (κ2) is 9.02. The molecule has 0 atom stereocenters. The van der Waals surface area contributed by atoms with Crippen molar-refractivity contribution in [3.8, 4) is 22.3 Å². The molecule has 0 N–H and O–H groups in total. The highest BCUT2D eigenvalue weighted by Gasteiger charge is 2.52. The minimum atomic E-state index is -6.05. The summed E-state index contributed by atoms with van der Waals surface area (Å²) in [6.45, 7) is -0.136. The van der Waals surface area contributed by atoms with Gasteiger partial charge in [-0.2, -0.15) is 34.8 Å². The van der Waals surface area contributed by atoms with E-state index >= 15 is 0 Å². The molecule has 12 heteroatoms. The fourth-order valence-electron chi connectivity index (χ4n) is 3.07. The van der Waals surface area contributed by atoms with Crippen LogP contribution in [-0.4, -0.2) is 21.0 Å². The SMILES string of the molecule is COCc1c(-c2ccccc2)c[n+](OS(=O)(=O)C(F)(F)F)cc1-c1cccc(C(F)(F)F)c1. The van der Waals surface area contributed by atoms with Crippen molar-refractivity contribution in [1.82, 2.24) is 0 Å². The lowest BCUT2D eigenvalue weighted by Gasteiger charge is -2.15. The fraction of sp³-hybridized carbons (Fsp3) is 0.190. The van der Waals surface area contributed by atoms with Gasteiger partial charge in [0.1, 0.15) is 0 Å². The Labute approximate surface area is 184 Å². The second-order valence-corrected chi connectivity index (χ2v) is 8.30. The lowest BCUT2D eigenvalue weighted by Crippen LogP contribution is -2.50. The van der Waals surface area contributed by atoms with Crippen molar-refractivity contribution in [2.75, 3.05) is 7.11 Å². The van der Waals surface area contributed by atoms with E-state index in [1.54, 1.807) is 30.3 Å². The zero-order valence-corrected chi connectivity index (χ0v) is 17.6. The first kappa shape index (κ1) is 24.5. The molecule has 3 rings (SSSR count). The Balaban J connectivity index is 2.31. The number of benzene rings is 2. The molecule has 0 radical (unpaired) electrons. The average molecular weight is 492 g/mol. The van der Waals surface area contributed by atoms with Crippen molar-refractivity contribution in [2.24, 2.45) is 0 Å². The highest BCUT2D eigenvalue weighted by molar-refractivity contribution is 7.87. The Hall–Kier alpha value is -3.12. The van der Waals surface area contributed by atoms with Gasteiger partial charge in [-0.15, -0.1) is 4.28 Å². The van der Waals surface area contributed by atoms with Gasteiger partial charge in [-0.05, 0) is 23.3 Å². The number of methoxy groups -OCH3 is 1. The second-order valence-electron chi connectivity index (χ2n) is 6.78. The third-order valence-electron chi connectivity index (χ3n) is 4.50. The van der Waals surface area contributed by atoms with Gasteiger partial charge in [0.05, 0.1) is 23.3 Å². The molecule has 0 aliphatic rings. The molecular formula is C21H16F6NO4S+. The number of hydrogen-bond acceptors (Lipinski definition) is 4. The highest BCUT2D eigenvalue weighted by atomic mass is 32.2. The number of aromatic nitrogens is 1. The molecule has 0 bridgehead atoms. The molecule has 176 valence electrons. The maximum absolute atomic E-state index is 13.3. The normalized spacial score (nSPS) is 12.6. The molecule has 5 nitrogen and oxygen atoms in total. The van der Waals surface area contributed by atoms with Crippen molar-refractivity contribution in [2.45, 2.75) is 18.3 Å². The molecule has 0 saturated heterocycles. The summed E-state index contributed by atoms with van der Waals surface area (Å²) in [5.41, 5.74) is -5.80. The molecule has 1 aromatic heterocycles. The molecule has 0 saturated carbocycles. The minimum absolute atomic E-state index is 0.0123. The number of ether oxygens (including phenoxy) is 1. The average Bonchev–Trinajstić information content (AvgIpc) is 2.74. The van der Waals surface area contributed by atoms with Gasteiger partial charge in [0.25, 0.3) is 0 Å². The Morgan fingerprint density at radius 3 is 1.97 bits per heavy atom. The monoisotopic (exact) mass is 492 g/mol. The van der Waals surface area contributed by atoms with Crippen LogP contribution in [0.3, 0.4) is 0 Å². The summed E-state index contributed by atoms with van der Waals surface area (Å²) >= 11 is 0. The van der Waals surface area contributed by atoms with Crippen molar-refractivity contribution in [3.63, 3.8) is 0 Å². The first-order valence-corrected chi connectivity index (χ1v) is 10.6. The molecule has 0 amide bonds. The van der Waals surface area contributed by atoms with E-state index in [4.69, 9.17) is 4.74 Å². The van der Waals surface area contributed by atoms with Crippen LogP contribution in [0, 0.1) is 0 Å². The number of nitrogens with zero attached hydrogens (tertiary/aromatic N) is 1. The van der Waals surface area contributed by atoms with Crippen LogP contribution in [0.5, 0.6) is 0 Å². The summed E-state index contributed by atoms with van der Waals surface area (Å²) < 4.78 is 111. The van der Waals surface area contributed by atoms with E-state index in [1.807, 2.05) is 0 Å². The first-order valence-electron chi connectivity index (χ1n) is 9.15. The third kappa shape index (κ3) is 5.45. The molecule has 0 fully saturated rings. The number of alkyl halides is 6. The van der Waals surface area contributed by atoms with E-state index in [0.29, 0.717) is 15.9 Å². The maximum Gasteiger partial charge on any atom is 0.540 e. The first-order chi connectivity index (χ1) is 15.3. The van der Waals surface area contributed by atoms with Gasteiger partial charge in [-0.1, -0.05) is 42.5 Å². The van der Waals surface area contributed by atoms with Crippen molar-refractivity contribution in [3.05, 3.63) is 78.1 Å². The standard InChI is InChI=1S/C21H16F6NO4S/c1-31-13-19-17(14-6-3-2-4-7-14)11-28(32-33(29,30)21(25,26)27)12-18(19)15-8-5-9-16(10-15)20(22,23)24/h2-12H,13H2,1H3/q+1. The van der Waals surface area contributed by atoms with Gasteiger partial charge in [0.15, 0.2) is 0 Å². The number of rotatable bonds is 6. The van der Waals surface area contributed by atoms with Crippen LogP contribution in [0.15, 0.2) is 67.0 Å². The molecule has 33 heavy (non-hydrogen) atoms. The van der Waals surface area contributed by atoms with Gasteiger partial charge in [0, 0.05) is 17.4 Å². The predicted octanol–water partition coefficient (Wildman–Crippen LogP) is 4.75. The van der Waals surface area contributed by atoms with E-state index in [-0.39, 0.29) is 23.3 Å². The van der Waals surface area contributed by atoms with E-state index < -0.39 is 27.4 Å². The fourth-order valence-corrected chi connectivity index (χ4v) is 3.47. The molecule has 1 heterocycles. The largest absolute Gasteiger partial charge is 0.540 e. The van der Waals surface area contributed by atoms with Gasteiger partial charge in [-0.25, -0.2) is 0 Å². The van der Waals surface area contributed by atoms with Crippen LogP contribution in [0.4, 0.5) is 26.3 Å². The Kier molecular flexibility index (Phi) is 6.70. The topological polar surface area (TPSA) is 56.5 Å². The van der Waals surface area contributed by atoms with Crippen LogP contribution < -0.4 is 9.01 Å². The zero-order valence-electron chi connectivity index (χ0n) is 16.8. The van der Waals surface area contributed by atoms with Gasteiger partial charge in [-0.3, -0.25) is 0 Å². The van der Waals surface area contributed by atoms with Crippen molar-refractivity contribution < 1.29 is 48.5 Å². The Morgan fingerprint density at radius 2 is 1.42 bits per heavy atom. The summed E-state index contributed by atoms with van der Waals surface area (Å²) in [6.07, 6.45) is -2.83. The van der Waals surface area contributed by atoms with Crippen molar-refractivity contribution in [1.29, 1.82) is 0 Å². The minimum Gasteiger partial charge on any atom is -0.380 e. The third-order valence-corrected chi connectivity index (χ3v) is 5.44. The summed E-state index contributed by atoms with van der Waals surface area (Å²) in [7, 11) is -4.72. The van der Waals surface area contributed by atoms with Crippen molar-refractivity contribution >= 4 is 10.1 Å². The summed E-state index contributed by atoms with van der Waals surface area (Å²) in [5, 5.41) is 0. The van der Waals surface area contributed by atoms with E-state index in [1.165, 1.54) is 13.2 Å². The molecule has 0 unspecified atom stereocenters. The molecule has 0 spiro atoms. The highest BCUT2D eigenvalue weighted by Crippen LogP contribution is 2.35. The Morgan fingerprint density at radius 1 is 0.848 bits per heavy atom. The quantitative estimate of drug-likeness (QED) is 0.283. The van der Waals surface area contributed by atoms with Crippen LogP contribution in [0.25, 0.3) is 22.3 Å². The smallest absolute Gasteiger partial charge is 0.380 e.